The molecule has 1 aliphatic rings. The number of hydrogen-bond donors (Lipinski definition) is 0. The Morgan fingerprint density at radius 2 is 1.88 bits per heavy atom. The number of benzene rings is 1. The zero-order valence-corrected chi connectivity index (χ0v) is 14.9. The largest absolute Gasteiger partial charge is 0.435 e. The first kappa shape index (κ1) is 18.1. The molecule has 2 heterocycles. The Morgan fingerprint density at radius 3 is 2.40 bits per heavy atom. The highest BCUT2D eigenvalue weighted by Gasteiger charge is 2.62. The van der Waals surface area contributed by atoms with Crippen LogP contribution >= 0.6 is 34.5 Å². The van der Waals surface area contributed by atoms with Crippen molar-refractivity contribution in [2.75, 3.05) is 0 Å². The van der Waals surface area contributed by atoms with Crippen molar-refractivity contribution in [2.24, 2.45) is 5.16 Å². The third kappa shape index (κ3) is 3.10. The third-order valence-corrected chi connectivity index (χ3v) is 5.37. The number of alkyl halides is 3. The van der Waals surface area contributed by atoms with Crippen LogP contribution in [-0.2, 0) is 10.4 Å². The van der Waals surface area contributed by atoms with Gasteiger partial charge in [-0.15, -0.1) is 11.3 Å². The first-order valence-electron chi connectivity index (χ1n) is 6.95. The van der Waals surface area contributed by atoms with E-state index in [2.05, 4.69) is 5.16 Å². The molecule has 3 rings (SSSR count). The van der Waals surface area contributed by atoms with Crippen molar-refractivity contribution in [3.05, 3.63) is 55.2 Å². The van der Waals surface area contributed by atoms with Crippen LogP contribution in [0.4, 0.5) is 13.2 Å². The number of hydrogen-bond acceptors (Lipinski definition) is 4. The molecule has 0 spiro atoms. The van der Waals surface area contributed by atoms with Crippen molar-refractivity contribution in [2.45, 2.75) is 25.1 Å². The van der Waals surface area contributed by atoms with Crippen LogP contribution in [0.1, 0.15) is 27.3 Å². The minimum atomic E-state index is -4.74. The van der Waals surface area contributed by atoms with Crippen molar-refractivity contribution >= 4 is 40.3 Å². The average Bonchev–Trinajstić information content (AvgIpc) is 3.10. The number of halogens is 5. The van der Waals surface area contributed by atoms with Crippen molar-refractivity contribution in [1.29, 1.82) is 5.26 Å². The quantitative estimate of drug-likeness (QED) is 0.632. The molecule has 1 aromatic carbocycles. The van der Waals surface area contributed by atoms with Gasteiger partial charge in [0.25, 0.3) is 5.60 Å². The minimum Gasteiger partial charge on any atom is -0.374 e. The summed E-state index contributed by atoms with van der Waals surface area (Å²) in [5.74, 6) is 0. The molecule has 130 valence electrons. The molecule has 0 aliphatic carbocycles. The molecule has 3 nitrogen and oxygen atoms in total. The summed E-state index contributed by atoms with van der Waals surface area (Å²) in [6.45, 7) is 1.72. The summed E-state index contributed by atoms with van der Waals surface area (Å²) in [5, 5.41) is 12.8. The predicted octanol–water partition coefficient (Wildman–Crippen LogP) is 5.82. The number of thiophene rings is 1. The molecule has 0 bridgehead atoms. The molecular weight excluding hydrogens is 396 g/mol. The zero-order valence-electron chi connectivity index (χ0n) is 12.6. The van der Waals surface area contributed by atoms with Gasteiger partial charge in [0.2, 0.25) is 0 Å². The predicted molar refractivity (Wildman–Crippen MR) is 90.2 cm³/mol. The van der Waals surface area contributed by atoms with Crippen LogP contribution in [0.5, 0.6) is 0 Å². The fourth-order valence-electron chi connectivity index (χ4n) is 2.56. The Kier molecular flexibility index (Phi) is 4.48. The van der Waals surface area contributed by atoms with Crippen LogP contribution in [-0.4, -0.2) is 11.9 Å². The Bertz CT molecular complexity index is 897. The molecule has 1 aromatic heterocycles. The fourth-order valence-corrected chi connectivity index (χ4v) is 4.03. The Morgan fingerprint density at radius 1 is 1.24 bits per heavy atom. The van der Waals surface area contributed by atoms with E-state index in [0.717, 1.165) is 0 Å². The van der Waals surface area contributed by atoms with Crippen molar-refractivity contribution < 1.29 is 18.0 Å². The molecular formula is C16H9Cl2F3N2OS. The van der Waals surface area contributed by atoms with Crippen molar-refractivity contribution in [1.82, 2.24) is 0 Å². The van der Waals surface area contributed by atoms with Gasteiger partial charge in [0.1, 0.15) is 11.8 Å². The molecule has 2 aromatic rings. The van der Waals surface area contributed by atoms with Gasteiger partial charge in [-0.3, -0.25) is 0 Å². The van der Waals surface area contributed by atoms with Crippen LogP contribution in [0, 0.1) is 18.3 Å². The molecule has 25 heavy (non-hydrogen) atoms. The lowest BCUT2D eigenvalue weighted by atomic mass is 9.88. The minimum absolute atomic E-state index is 0.0712. The highest BCUT2D eigenvalue weighted by Crippen LogP contribution is 2.50. The smallest absolute Gasteiger partial charge is 0.374 e. The molecule has 1 unspecified atom stereocenters. The van der Waals surface area contributed by atoms with E-state index >= 15 is 0 Å². The number of aryl methyl sites for hydroxylation is 1. The average molecular weight is 405 g/mol. The van der Waals surface area contributed by atoms with Crippen molar-refractivity contribution in [3.8, 4) is 6.07 Å². The number of nitrogens with zero attached hydrogens (tertiary/aromatic N) is 2. The van der Waals surface area contributed by atoms with Gasteiger partial charge in [0.05, 0.1) is 16.9 Å². The molecule has 0 radical (unpaired) electrons. The molecule has 0 saturated carbocycles. The lowest BCUT2D eigenvalue weighted by Crippen LogP contribution is -2.42. The molecule has 0 N–H and O–H groups in total. The normalized spacial score (nSPS) is 20.1. The van der Waals surface area contributed by atoms with E-state index in [4.69, 9.17) is 33.3 Å². The highest BCUT2D eigenvalue weighted by molar-refractivity contribution is 7.14. The summed E-state index contributed by atoms with van der Waals surface area (Å²) in [6, 6.07) is 7.18. The van der Waals surface area contributed by atoms with E-state index in [1.807, 2.05) is 6.07 Å². The zero-order chi connectivity index (χ0) is 18.4. The molecule has 1 aliphatic heterocycles. The summed E-state index contributed by atoms with van der Waals surface area (Å²) in [4.78, 5) is 6.09. The van der Waals surface area contributed by atoms with Gasteiger partial charge < -0.3 is 4.84 Å². The van der Waals surface area contributed by atoms with E-state index in [9.17, 15) is 13.2 Å². The van der Waals surface area contributed by atoms with E-state index in [0.29, 0.717) is 15.3 Å². The van der Waals surface area contributed by atoms with Crippen LogP contribution in [0.3, 0.4) is 0 Å². The van der Waals surface area contributed by atoms with E-state index in [1.165, 1.54) is 35.6 Å². The van der Waals surface area contributed by atoms with Crippen LogP contribution < -0.4 is 0 Å². The van der Waals surface area contributed by atoms with Gasteiger partial charge >= 0.3 is 6.18 Å². The standard InChI is InChI=1S/C16H9Cl2F3N2OS/c1-8-9(7-22)2-14(25-8)13-6-15(24-23-13,16(19,20)21)10-3-11(17)5-12(18)4-10/h2-5H,6H2,1H3. The topological polar surface area (TPSA) is 45.4 Å². The monoisotopic (exact) mass is 404 g/mol. The molecule has 9 heteroatoms. The number of rotatable bonds is 2. The second-order valence-electron chi connectivity index (χ2n) is 5.48. The molecule has 0 amide bonds. The number of nitriles is 1. The highest BCUT2D eigenvalue weighted by atomic mass is 35.5. The maximum absolute atomic E-state index is 13.9. The summed E-state index contributed by atoms with van der Waals surface area (Å²) in [6.07, 6.45) is -5.27. The van der Waals surface area contributed by atoms with Crippen LogP contribution in [0.15, 0.2) is 29.4 Å². The third-order valence-electron chi connectivity index (χ3n) is 3.84. The Labute approximate surface area is 155 Å². The fraction of sp³-hybridized carbons (Fsp3) is 0.250. The van der Waals surface area contributed by atoms with E-state index < -0.39 is 18.2 Å². The Balaban J connectivity index is 2.05. The lowest BCUT2D eigenvalue weighted by molar-refractivity contribution is -0.275. The van der Waals surface area contributed by atoms with E-state index in [1.54, 1.807) is 6.92 Å². The Hall–Kier alpha value is -1.75. The summed E-state index contributed by atoms with van der Waals surface area (Å²) in [5.41, 5.74) is -2.35. The second-order valence-corrected chi connectivity index (χ2v) is 7.61. The van der Waals surface area contributed by atoms with E-state index in [-0.39, 0.29) is 21.3 Å². The number of oxime groups is 1. The summed E-state index contributed by atoms with van der Waals surface area (Å²) in [7, 11) is 0. The maximum atomic E-state index is 13.9. The first-order valence-corrected chi connectivity index (χ1v) is 8.53. The van der Waals surface area contributed by atoms with Gasteiger partial charge in [0.15, 0.2) is 0 Å². The molecule has 0 saturated heterocycles. The van der Waals surface area contributed by atoms with Gasteiger partial charge in [-0.05, 0) is 31.2 Å². The van der Waals surface area contributed by atoms with Gasteiger partial charge in [-0.2, -0.15) is 18.4 Å². The first-order chi connectivity index (χ1) is 11.7. The second kappa shape index (κ2) is 6.20. The SMILES string of the molecule is Cc1sc(C2=NOC(c3cc(Cl)cc(Cl)c3)(C(F)(F)F)C2)cc1C#N. The lowest BCUT2D eigenvalue weighted by Gasteiger charge is -2.29. The van der Waals surface area contributed by atoms with Gasteiger partial charge in [0, 0.05) is 20.5 Å². The summed E-state index contributed by atoms with van der Waals surface area (Å²) >= 11 is 12.9. The molecule has 1 atom stereocenters. The van der Waals surface area contributed by atoms with Crippen molar-refractivity contribution in [3.63, 3.8) is 0 Å². The van der Waals surface area contributed by atoms with Crippen LogP contribution in [0.2, 0.25) is 10.0 Å². The molecule has 0 fully saturated rings. The van der Waals surface area contributed by atoms with Gasteiger partial charge in [-0.1, -0.05) is 28.4 Å². The van der Waals surface area contributed by atoms with Crippen LogP contribution in [0.25, 0.3) is 0 Å². The van der Waals surface area contributed by atoms with Gasteiger partial charge in [-0.25, -0.2) is 0 Å². The summed E-state index contributed by atoms with van der Waals surface area (Å²) < 4.78 is 41.6. The maximum Gasteiger partial charge on any atom is 0.435 e.